The van der Waals surface area contributed by atoms with E-state index in [0.29, 0.717) is 16.2 Å². The van der Waals surface area contributed by atoms with Gasteiger partial charge in [0.25, 0.3) is 0 Å². The minimum absolute atomic E-state index is 0. The van der Waals surface area contributed by atoms with Crippen molar-refractivity contribution in [1.29, 1.82) is 0 Å². The van der Waals surface area contributed by atoms with E-state index in [2.05, 4.69) is 0 Å². The number of rotatable bonds is 0. The van der Waals surface area contributed by atoms with Crippen LogP contribution in [0.3, 0.4) is 0 Å². The van der Waals surface area contributed by atoms with Gasteiger partial charge in [-0.1, -0.05) is 0 Å². The van der Waals surface area contributed by atoms with E-state index < -0.39 is 0 Å². The average molecular weight is 122 g/mol. The average Bonchev–Trinajstić information content (AvgIpc) is 1.00. The van der Waals surface area contributed by atoms with Gasteiger partial charge in [-0.2, -0.15) is 0 Å². The third kappa shape index (κ3) is 32.8. The Morgan fingerprint density at radius 2 is 1.00 bits per heavy atom. The summed E-state index contributed by atoms with van der Waals surface area (Å²) < 4.78 is 8.28. The Balaban J connectivity index is -0.00000000167. The Morgan fingerprint density at radius 1 is 1.00 bits per heavy atom. The van der Waals surface area contributed by atoms with Crippen LogP contribution < -0.4 is 0 Å². The zero-order valence-electron chi connectivity index (χ0n) is 1.62. The van der Waals surface area contributed by atoms with Gasteiger partial charge in [0.1, 0.15) is 0 Å². The normalized spacial score (nSPS) is 0.600. The summed E-state index contributed by atoms with van der Waals surface area (Å²) >= 11 is 0.611. The van der Waals surface area contributed by atoms with Crippen LogP contribution in [0, 0.1) is 0 Å². The van der Waals surface area contributed by atoms with Gasteiger partial charge in [0.05, 0.1) is 0 Å². The van der Waals surface area contributed by atoms with Crippen LogP contribution in [0.4, 0.5) is 0 Å². The molecule has 0 aliphatic rings. The molecule has 2 nitrogen and oxygen atoms in total. The Morgan fingerprint density at radius 3 is 1.00 bits per heavy atom. The molecule has 0 radical (unpaired) electrons. The molecular weight excluding hydrogens is 113 g/mol. The molecule has 0 rings (SSSR count). The molecule has 0 saturated heterocycles. The molecule has 0 heterocycles. The third-order valence-corrected chi connectivity index (χ3v) is 0. The predicted octanol–water partition coefficient (Wildman–Crippen LogP) is -3.96. The summed E-state index contributed by atoms with van der Waals surface area (Å²) in [6.07, 6.45) is 0. The Labute approximate surface area is 60.1 Å². The van der Waals surface area contributed by atoms with Crippen LogP contribution in [-0.4, -0.2) is 56.4 Å². The molecule has 0 aromatic rings. The molecule has 30 valence electrons. The van der Waals surface area contributed by atoms with Crippen LogP contribution in [0.1, 0.15) is 0 Å². The predicted molar refractivity (Wildman–Crippen MR) is 31.3 cm³/mol. The van der Waals surface area contributed by atoms with Crippen molar-refractivity contribution in [2.45, 2.75) is 0 Å². The van der Waals surface area contributed by atoms with Crippen molar-refractivity contribution < 1.29 is 9.28 Å². The fourth-order valence-corrected chi connectivity index (χ4v) is 0. The van der Waals surface area contributed by atoms with E-state index in [1.54, 1.807) is 0 Å². The summed E-state index contributed by atoms with van der Waals surface area (Å²) in [5.41, 5.74) is 0. The summed E-state index contributed by atoms with van der Waals surface area (Å²) in [5.74, 6) is 0. The second kappa shape index (κ2) is 55.2. The topological polar surface area (TPSA) is 48.6 Å². The van der Waals surface area contributed by atoms with Gasteiger partial charge in [0, 0.05) is 0 Å². The molecule has 0 spiro atoms. The van der Waals surface area contributed by atoms with Crippen molar-refractivity contribution in [3.63, 3.8) is 0 Å². The van der Waals surface area contributed by atoms with Crippen molar-refractivity contribution >= 4 is 50.9 Å². The molecule has 0 aromatic heterocycles. The van der Waals surface area contributed by atoms with Crippen LogP contribution in [0.25, 0.3) is 0 Å². The molecule has 0 bridgehead atoms. The van der Waals surface area contributed by atoms with E-state index >= 15 is 0 Å². The van der Waals surface area contributed by atoms with E-state index in [-0.39, 0.29) is 40.2 Å². The van der Waals surface area contributed by atoms with Gasteiger partial charge in [-0.15, -0.1) is 0 Å². The Kier molecular flexibility index (Phi) is 363. The van der Waals surface area contributed by atoms with Crippen molar-refractivity contribution in [1.82, 2.24) is 0 Å². The van der Waals surface area contributed by atoms with Gasteiger partial charge < -0.3 is 5.48 Å². The maximum absolute atomic E-state index is 8.28. The molecule has 0 amide bonds. The summed E-state index contributed by atoms with van der Waals surface area (Å²) in [4.78, 5) is 0. The van der Waals surface area contributed by atoms with Gasteiger partial charge in [-0.25, -0.2) is 0 Å². The van der Waals surface area contributed by atoms with Crippen LogP contribution >= 0.6 is 0 Å². The molecule has 0 fully saturated rings. The second-order valence-electron chi connectivity index (χ2n) is 0. The fraction of sp³-hybridized carbons (Fsp3) is 0. The van der Waals surface area contributed by atoms with Gasteiger partial charge in [0.15, 0.2) is 34.7 Å². The van der Waals surface area contributed by atoms with Crippen LogP contribution in [0.15, 0.2) is 0 Å². The molecule has 0 aromatic carbocycles. The number of hydrogen-bond acceptors (Lipinski definition) is 1. The first kappa shape index (κ1) is 32.8. The molecule has 0 atom stereocenters. The van der Waals surface area contributed by atoms with Gasteiger partial charge >= 0.3 is 20.0 Å². The standard InChI is InChI=1S/3Al.H2O.O.7H/h;;;1H2;;;;;;;;. The first-order valence-corrected chi connectivity index (χ1v) is 0.866. The Hall–Kier alpha value is 1.36. The zero-order chi connectivity index (χ0) is 2.00. The summed E-state index contributed by atoms with van der Waals surface area (Å²) in [7, 11) is 0. The first-order valence-electron chi connectivity index (χ1n) is 0.289. The molecule has 0 aliphatic heterocycles. The SMILES string of the molecule is O.[AlH3].[AlH3].[O]=[AlH]. The summed E-state index contributed by atoms with van der Waals surface area (Å²) in [6, 6.07) is 0. The molecule has 5 heavy (non-hydrogen) atoms. The fourth-order valence-electron chi connectivity index (χ4n) is 0. The van der Waals surface area contributed by atoms with Gasteiger partial charge in [-0.05, 0) is 0 Å². The van der Waals surface area contributed by atoms with Gasteiger partial charge in [0.2, 0.25) is 0 Å². The van der Waals surface area contributed by atoms with Crippen LogP contribution in [0.2, 0.25) is 0 Å². The van der Waals surface area contributed by atoms with E-state index in [1.807, 2.05) is 0 Å². The van der Waals surface area contributed by atoms with Crippen molar-refractivity contribution in [2.75, 3.05) is 0 Å². The van der Waals surface area contributed by atoms with E-state index in [4.69, 9.17) is 3.80 Å². The zero-order valence-corrected chi connectivity index (χ0v) is 3.03. The van der Waals surface area contributed by atoms with Crippen molar-refractivity contribution in [3.8, 4) is 0 Å². The molecule has 0 aliphatic carbocycles. The molecule has 0 unspecified atom stereocenters. The first-order chi connectivity index (χ1) is 1.00. The monoisotopic (exact) mass is 122 g/mol. The molecular formula is H9Al3O2. The third-order valence-electron chi connectivity index (χ3n) is 0. The maximum atomic E-state index is 8.28. The van der Waals surface area contributed by atoms with E-state index in [9.17, 15) is 0 Å². The molecule has 2 N–H and O–H groups in total. The quantitative estimate of drug-likeness (QED) is 0.302. The second-order valence-corrected chi connectivity index (χ2v) is 0. The Bertz CT molecular complexity index is 4.85. The van der Waals surface area contributed by atoms with Crippen LogP contribution in [0.5, 0.6) is 0 Å². The van der Waals surface area contributed by atoms with Crippen molar-refractivity contribution in [2.24, 2.45) is 0 Å². The number of hydrogen-bond donors (Lipinski definition) is 0. The van der Waals surface area contributed by atoms with Crippen LogP contribution in [-0.2, 0) is 3.80 Å². The minimum atomic E-state index is 0. The van der Waals surface area contributed by atoms with E-state index in [1.165, 1.54) is 0 Å². The summed E-state index contributed by atoms with van der Waals surface area (Å²) in [5, 5.41) is 0. The summed E-state index contributed by atoms with van der Waals surface area (Å²) in [6.45, 7) is 0. The molecule has 5 heteroatoms. The van der Waals surface area contributed by atoms with Gasteiger partial charge in [-0.3, -0.25) is 0 Å². The van der Waals surface area contributed by atoms with Crippen molar-refractivity contribution in [3.05, 3.63) is 0 Å². The van der Waals surface area contributed by atoms with E-state index in [0.717, 1.165) is 0 Å². The molecule has 0 saturated carbocycles.